The third kappa shape index (κ3) is 2.07. The summed E-state index contributed by atoms with van der Waals surface area (Å²) >= 11 is 1.20. The molecule has 0 radical (unpaired) electrons. The molecule has 1 aliphatic carbocycles. The smallest absolute Gasteiger partial charge is 0.277 e. The third-order valence-corrected chi connectivity index (χ3v) is 4.08. The lowest BCUT2D eigenvalue weighted by molar-refractivity contribution is 0.267. The van der Waals surface area contributed by atoms with Crippen LogP contribution >= 0.6 is 11.8 Å². The van der Waals surface area contributed by atoms with Crippen LogP contribution in [0.4, 0.5) is 4.79 Å². The number of hydrogen-bond acceptors (Lipinski definition) is 3. The molecule has 1 heterocycles. The molecule has 0 fully saturated rings. The van der Waals surface area contributed by atoms with Gasteiger partial charge in [0.25, 0.3) is 5.24 Å². The lowest BCUT2D eigenvalue weighted by Crippen LogP contribution is -2.28. The van der Waals surface area contributed by atoms with Crippen molar-refractivity contribution in [2.24, 2.45) is 5.73 Å². The number of aromatic nitrogens is 1. The molecule has 2 rings (SSSR count). The Morgan fingerprint density at radius 3 is 3.06 bits per heavy atom. The summed E-state index contributed by atoms with van der Waals surface area (Å²) in [6.45, 7) is 4.10. The lowest BCUT2D eigenvalue weighted by atomic mass is 9.86. The van der Waals surface area contributed by atoms with E-state index in [-0.39, 0.29) is 9.99 Å². The number of pyridine rings is 1. The van der Waals surface area contributed by atoms with Crippen molar-refractivity contribution in [3.63, 3.8) is 0 Å². The highest BCUT2D eigenvalue weighted by Crippen LogP contribution is 2.44. The average molecular weight is 236 g/mol. The SMILES string of the molecule is Cc1cnc2c(c1)CCCC2(C)SC(N)=O. The van der Waals surface area contributed by atoms with Gasteiger partial charge in [0.15, 0.2) is 0 Å². The summed E-state index contributed by atoms with van der Waals surface area (Å²) < 4.78 is -0.243. The van der Waals surface area contributed by atoms with E-state index in [1.54, 1.807) is 0 Å². The molecule has 4 heteroatoms. The molecule has 0 saturated heterocycles. The minimum absolute atomic E-state index is 0.243. The number of carbonyl (C=O) groups excluding carboxylic acids is 1. The molecule has 1 amide bonds. The second-order valence-corrected chi connectivity index (χ2v) is 6.03. The Kier molecular flexibility index (Phi) is 2.93. The van der Waals surface area contributed by atoms with Crippen molar-refractivity contribution >= 4 is 17.0 Å². The van der Waals surface area contributed by atoms with E-state index in [1.165, 1.54) is 22.9 Å². The summed E-state index contributed by atoms with van der Waals surface area (Å²) in [6.07, 6.45) is 4.97. The number of aryl methyl sites for hydroxylation is 2. The van der Waals surface area contributed by atoms with Crippen LogP contribution in [-0.4, -0.2) is 10.2 Å². The fourth-order valence-corrected chi connectivity index (χ4v) is 3.32. The van der Waals surface area contributed by atoms with Crippen LogP contribution in [0.15, 0.2) is 12.3 Å². The molecular formula is C12H16N2OS. The number of nitrogens with two attached hydrogens (primary N) is 1. The van der Waals surface area contributed by atoms with Gasteiger partial charge in [-0.25, -0.2) is 0 Å². The van der Waals surface area contributed by atoms with Gasteiger partial charge >= 0.3 is 0 Å². The minimum Gasteiger partial charge on any atom is -0.360 e. The van der Waals surface area contributed by atoms with E-state index in [4.69, 9.17) is 5.73 Å². The molecule has 0 bridgehead atoms. The molecule has 0 saturated carbocycles. The van der Waals surface area contributed by atoms with Crippen molar-refractivity contribution < 1.29 is 4.79 Å². The van der Waals surface area contributed by atoms with E-state index in [2.05, 4.69) is 18.0 Å². The monoisotopic (exact) mass is 236 g/mol. The van der Waals surface area contributed by atoms with E-state index in [0.717, 1.165) is 25.0 Å². The fraction of sp³-hybridized carbons (Fsp3) is 0.500. The zero-order valence-corrected chi connectivity index (χ0v) is 10.4. The van der Waals surface area contributed by atoms with Gasteiger partial charge in [-0.15, -0.1) is 0 Å². The number of carbonyl (C=O) groups is 1. The van der Waals surface area contributed by atoms with Crippen LogP contribution in [0.5, 0.6) is 0 Å². The number of thioether (sulfide) groups is 1. The summed E-state index contributed by atoms with van der Waals surface area (Å²) in [7, 11) is 0. The second-order valence-electron chi connectivity index (χ2n) is 4.53. The molecule has 1 aromatic heterocycles. The van der Waals surface area contributed by atoms with Crippen LogP contribution in [0.3, 0.4) is 0 Å². The molecule has 1 aliphatic rings. The van der Waals surface area contributed by atoms with Crippen LogP contribution < -0.4 is 5.73 Å². The van der Waals surface area contributed by atoms with Crippen molar-refractivity contribution in [1.82, 2.24) is 4.98 Å². The fourth-order valence-electron chi connectivity index (χ4n) is 2.35. The number of rotatable bonds is 1. The van der Waals surface area contributed by atoms with E-state index in [1.807, 2.05) is 13.1 Å². The molecule has 1 unspecified atom stereocenters. The molecule has 86 valence electrons. The largest absolute Gasteiger partial charge is 0.360 e. The molecule has 1 atom stereocenters. The maximum Gasteiger partial charge on any atom is 0.277 e. The number of primary amides is 1. The first-order chi connectivity index (χ1) is 7.51. The van der Waals surface area contributed by atoms with Crippen molar-refractivity contribution in [1.29, 1.82) is 0 Å². The van der Waals surface area contributed by atoms with Gasteiger partial charge in [-0.3, -0.25) is 9.78 Å². The van der Waals surface area contributed by atoms with Crippen LogP contribution in [0.25, 0.3) is 0 Å². The summed E-state index contributed by atoms with van der Waals surface area (Å²) in [6, 6.07) is 2.17. The maximum absolute atomic E-state index is 11.1. The lowest BCUT2D eigenvalue weighted by Gasteiger charge is -2.33. The standard InChI is InChI=1S/C12H16N2OS/c1-8-6-9-4-3-5-12(2,16-11(13)15)10(9)14-7-8/h6-7H,3-5H2,1-2H3,(H2,13,15). The van der Waals surface area contributed by atoms with Gasteiger partial charge in [0.1, 0.15) is 0 Å². The molecular weight excluding hydrogens is 220 g/mol. The zero-order chi connectivity index (χ0) is 11.8. The highest BCUT2D eigenvalue weighted by atomic mass is 32.2. The predicted octanol–water partition coefficient (Wildman–Crippen LogP) is 2.75. The first-order valence-corrected chi connectivity index (χ1v) is 6.27. The van der Waals surface area contributed by atoms with Crippen molar-refractivity contribution in [2.45, 2.75) is 37.9 Å². The molecule has 3 nitrogen and oxygen atoms in total. The number of nitrogens with zero attached hydrogens (tertiary/aromatic N) is 1. The van der Waals surface area contributed by atoms with Gasteiger partial charge in [-0.1, -0.05) is 17.8 Å². The first-order valence-electron chi connectivity index (χ1n) is 5.46. The quantitative estimate of drug-likeness (QED) is 0.815. The second kappa shape index (κ2) is 4.09. The van der Waals surface area contributed by atoms with E-state index < -0.39 is 0 Å². The number of hydrogen-bond donors (Lipinski definition) is 1. The summed E-state index contributed by atoms with van der Waals surface area (Å²) in [5.41, 5.74) is 8.77. The molecule has 2 N–H and O–H groups in total. The Bertz CT molecular complexity index is 433. The normalized spacial score (nSPS) is 23.9. The highest BCUT2D eigenvalue weighted by molar-refractivity contribution is 8.14. The molecule has 1 aromatic rings. The Hall–Kier alpha value is -1.03. The Morgan fingerprint density at radius 1 is 1.62 bits per heavy atom. The van der Waals surface area contributed by atoms with Crippen LogP contribution in [0.1, 0.15) is 36.6 Å². The van der Waals surface area contributed by atoms with Gasteiger partial charge < -0.3 is 5.73 Å². The van der Waals surface area contributed by atoms with Gasteiger partial charge in [0.2, 0.25) is 0 Å². The van der Waals surface area contributed by atoms with E-state index >= 15 is 0 Å². The number of amides is 1. The van der Waals surface area contributed by atoms with E-state index in [9.17, 15) is 4.79 Å². The maximum atomic E-state index is 11.1. The average Bonchev–Trinajstić information content (AvgIpc) is 2.15. The van der Waals surface area contributed by atoms with Crippen molar-refractivity contribution in [3.05, 3.63) is 29.1 Å². The van der Waals surface area contributed by atoms with Gasteiger partial charge in [-0.05, 0) is 44.2 Å². The predicted molar refractivity (Wildman–Crippen MR) is 66.4 cm³/mol. The van der Waals surface area contributed by atoms with Crippen LogP contribution in [-0.2, 0) is 11.2 Å². The van der Waals surface area contributed by atoms with Gasteiger partial charge in [0.05, 0.1) is 10.4 Å². The Labute approximate surface area is 99.8 Å². The summed E-state index contributed by atoms with van der Waals surface area (Å²) in [5, 5.41) is -0.322. The van der Waals surface area contributed by atoms with Crippen LogP contribution in [0, 0.1) is 6.92 Å². The number of fused-ring (bicyclic) bond motifs is 1. The highest BCUT2D eigenvalue weighted by Gasteiger charge is 2.35. The van der Waals surface area contributed by atoms with Crippen molar-refractivity contribution in [3.8, 4) is 0 Å². The Morgan fingerprint density at radius 2 is 2.38 bits per heavy atom. The molecule has 0 aromatic carbocycles. The topological polar surface area (TPSA) is 56.0 Å². The Balaban J connectivity index is 2.43. The first kappa shape index (κ1) is 11.5. The van der Waals surface area contributed by atoms with Crippen molar-refractivity contribution in [2.75, 3.05) is 0 Å². The minimum atomic E-state index is -0.322. The van der Waals surface area contributed by atoms with Gasteiger partial charge in [0, 0.05) is 6.20 Å². The molecule has 0 aliphatic heterocycles. The molecule has 16 heavy (non-hydrogen) atoms. The van der Waals surface area contributed by atoms with Gasteiger partial charge in [-0.2, -0.15) is 0 Å². The zero-order valence-electron chi connectivity index (χ0n) is 9.62. The van der Waals surface area contributed by atoms with Crippen LogP contribution in [0.2, 0.25) is 0 Å². The summed E-state index contributed by atoms with van der Waals surface area (Å²) in [4.78, 5) is 15.6. The summed E-state index contributed by atoms with van der Waals surface area (Å²) in [5.74, 6) is 0. The van der Waals surface area contributed by atoms with E-state index in [0.29, 0.717) is 0 Å². The molecule has 0 spiro atoms. The third-order valence-electron chi connectivity index (χ3n) is 3.03.